The minimum atomic E-state index is -0.913. The van der Waals surface area contributed by atoms with Gasteiger partial charge in [-0.3, -0.25) is 4.90 Å². The molecule has 42 heavy (non-hydrogen) atoms. The predicted octanol–water partition coefficient (Wildman–Crippen LogP) is 5.56. The van der Waals surface area contributed by atoms with Gasteiger partial charge >= 0.3 is 6.01 Å². The maximum absolute atomic E-state index is 16.7. The van der Waals surface area contributed by atoms with Crippen LogP contribution in [0.15, 0.2) is 24.3 Å². The lowest BCUT2D eigenvalue weighted by molar-refractivity contribution is 0.107. The molecule has 2 aromatic heterocycles. The molecular formula is C31H32F3N5O3. The lowest BCUT2D eigenvalue weighted by Crippen LogP contribution is -2.43. The summed E-state index contributed by atoms with van der Waals surface area (Å²) in [6.07, 6.45) is 1.59. The molecule has 0 amide bonds. The first-order chi connectivity index (χ1) is 20.2. The molecule has 0 bridgehead atoms. The van der Waals surface area contributed by atoms with Crippen LogP contribution in [0.4, 0.5) is 19.0 Å². The molecule has 5 heterocycles. The van der Waals surface area contributed by atoms with E-state index < -0.39 is 23.3 Å². The van der Waals surface area contributed by atoms with Crippen LogP contribution in [0.5, 0.6) is 17.6 Å². The fourth-order valence-corrected chi connectivity index (χ4v) is 6.91. The molecule has 7 rings (SSSR count). The molecule has 3 aliphatic heterocycles. The highest BCUT2D eigenvalue weighted by atomic mass is 19.1. The highest BCUT2D eigenvalue weighted by Crippen LogP contribution is 2.44. The summed E-state index contributed by atoms with van der Waals surface area (Å²) in [5.74, 6) is -0.752. The SMILES string of the molecule is CCc1c(F)ccc2cc(O)cc(-c3nc4c5c(nc(OC[C@@]67CCCN6C[C@H](F)C7)nc5c3F)N(C)[C@@H](C)CO4)c12. The average Bonchev–Trinajstić information content (AvgIpc) is 3.46. The Morgan fingerprint density at radius 2 is 2.00 bits per heavy atom. The fourth-order valence-electron chi connectivity index (χ4n) is 6.91. The van der Waals surface area contributed by atoms with Gasteiger partial charge in [0.25, 0.3) is 0 Å². The van der Waals surface area contributed by atoms with Crippen LogP contribution in [0, 0.1) is 11.6 Å². The Balaban J connectivity index is 1.42. The van der Waals surface area contributed by atoms with Crippen molar-refractivity contribution in [2.45, 2.75) is 57.3 Å². The zero-order chi connectivity index (χ0) is 29.3. The number of hydrogen-bond acceptors (Lipinski definition) is 8. The van der Waals surface area contributed by atoms with E-state index in [1.807, 2.05) is 25.8 Å². The van der Waals surface area contributed by atoms with Gasteiger partial charge in [0, 0.05) is 25.6 Å². The molecule has 3 aliphatic rings. The van der Waals surface area contributed by atoms with Crippen molar-refractivity contribution in [2.75, 3.05) is 38.3 Å². The fraction of sp³-hybridized carbons (Fsp3) is 0.452. The first-order valence-electron chi connectivity index (χ1n) is 14.4. The summed E-state index contributed by atoms with van der Waals surface area (Å²) in [5.41, 5.74) is 0.0110. The van der Waals surface area contributed by atoms with Crippen LogP contribution in [-0.4, -0.2) is 76.1 Å². The third-order valence-corrected chi connectivity index (χ3v) is 9.16. The van der Waals surface area contributed by atoms with Gasteiger partial charge < -0.3 is 19.5 Å². The van der Waals surface area contributed by atoms with Crippen molar-refractivity contribution in [3.8, 4) is 28.9 Å². The van der Waals surface area contributed by atoms with Crippen molar-refractivity contribution in [1.82, 2.24) is 19.9 Å². The van der Waals surface area contributed by atoms with Gasteiger partial charge in [0.2, 0.25) is 5.88 Å². The number of phenols is 1. The van der Waals surface area contributed by atoms with Gasteiger partial charge in [0.1, 0.15) is 53.4 Å². The zero-order valence-corrected chi connectivity index (χ0v) is 23.8. The van der Waals surface area contributed by atoms with Crippen LogP contribution in [0.3, 0.4) is 0 Å². The highest BCUT2D eigenvalue weighted by Gasteiger charge is 2.49. The van der Waals surface area contributed by atoms with Gasteiger partial charge in [-0.1, -0.05) is 13.0 Å². The van der Waals surface area contributed by atoms with Crippen molar-refractivity contribution >= 4 is 27.5 Å². The second-order valence-electron chi connectivity index (χ2n) is 11.7. The van der Waals surface area contributed by atoms with Gasteiger partial charge in [-0.2, -0.15) is 9.97 Å². The normalized spacial score (nSPS) is 23.8. The van der Waals surface area contributed by atoms with Crippen LogP contribution in [-0.2, 0) is 6.42 Å². The van der Waals surface area contributed by atoms with E-state index in [2.05, 4.69) is 19.9 Å². The zero-order valence-electron chi connectivity index (χ0n) is 23.8. The van der Waals surface area contributed by atoms with Crippen molar-refractivity contribution in [3.63, 3.8) is 0 Å². The Labute approximate surface area is 241 Å². The second kappa shape index (κ2) is 9.86. The number of pyridine rings is 1. The summed E-state index contributed by atoms with van der Waals surface area (Å²) in [4.78, 5) is 17.8. The monoisotopic (exact) mass is 579 g/mol. The molecule has 1 N–H and O–H groups in total. The Morgan fingerprint density at radius 3 is 2.81 bits per heavy atom. The maximum atomic E-state index is 16.7. The Kier molecular flexibility index (Phi) is 6.34. The molecule has 0 aliphatic carbocycles. The van der Waals surface area contributed by atoms with Gasteiger partial charge in [-0.25, -0.2) is 18.2 Å². The molecule has 0 saturated carbocycles. The highest BCUT2D eigenvalue weighted by molar-refractivity contribution is 6.03. The summed E-state index contributed by atoms with van der Waals surface area (Å²) in [6, 6.07) is 5.64. The molecule has 2 saturated heterocycles. The summed E-state index contributed by atoms with van der Waals surface area (Å²) in [6.45, 7) is 5.41. The molecule has 0 radical (unpaired) electrons. The molecule has 4 aromatic rings. The van der Waals surface area contributed by atoms with E-state index in [1.165, 1.54) is 18.2 Å². The minimum Gasteiger partial charge on any atom is -0.508 e. The number of alkyl halides is 1. The largest absolute Gasteiger partial charge is 0.508 e. The summed E-state index contributed by atoms with van der Waals surface area (Å²) >= 11 is 0. The van der Waals surface area contributed by atoms with Crippen LogP contribution >= 0.6 is 0 Å². The number of halogens is 3. The first kappa shape index (κ1) is 27.0. The Hall–Kier alpha value is -3.86. The van der Waals surface area contributed by atoms with E-state index in [9.17, 15) is 13.9 Å². The van der Waals surface area contributed by atoms with E-state index >= 15 is 4.39 Å². The number of benzene rings is 2. The number of aromatic nitrogens is 3. The van der Waals surface area contributed by atoms with Crippen LogP contribution in [0.2, 0.25) is 0 Å². The van der Waals surface area contributed by atoms with Gasteiger partial charge in [0.05, 0.1) is 11.6 Å². The molecule has 0 spiro atoms. The topological polar surface area (TPSA) is 83.8 Å². The number of aromatic hydroxyl groups is 1. The van der Waals surface area contributed by atoms with E-state index in [0.29, 0.717) is 46.9 Å². The number of anilines is 1. The van der Waals surface area contributed by atoms with Gasteiger partial charge in [0.15, 0.2) is 5.82 Å². The Bertz CT molecular complexity index is 1740. The van der Waals surface area contributed by atoms with E-state index in [1.54, 1.807) is 6.07 Å². The molecule has 0 unspecified atom stereocenters. The molecule has 11 heteroatoms. The number of aryl methyl sites for hydroxylation is 1. The number of phenolic OH excluding ortho intramolecular Hbond substituents is 1. The van der Waals surface area contributed by atoms with Crippen molar-refractivity contribution in [1.29, 1.82) is 0 Å². The third-order valence-electron chi connectivity index (χ3n) is 9.16. The standard InChI is InChI=1S/C31H32F3N5O3/c1-4-20-22(33)7-6-17-10-19(40)11-21(23(17)20)26-25(34)27-24-28(38(3)16(2)14-41-29(24)35-26)37-30(36-27)42-15-31-8-5-9-39(31)13-18(32)12-31/h6-7,10-11,16,18,40H,4-5,8-9,12-15H2,1-3H3/t16-,18+,31-/m0/s1. The second-order valence-corrected chi connectivity index (χ2v) is 11.7. The molecule has 2 aromatic carbocycles. The van der Waals surface area contributed by atoms with Gasteiger partial charge in [-0.05, 0) is 67.3 Å². The number of nitrogens with zero attached hydrogens (tertiary/aromatic N) is 5. The van der Waals surface area contributed by atoms with Crippen LogP contribution in [0.25, 0.3) is 32.9 Å². The number of fused-ring (bicyclic) bond motifs is 2. The summed E-state index contributed by atoms with van der Waals surface area (Å²) in [5, 5.41) is 11.9. The van der Waals surface area contributed by atoms with E-state index in [4.69, 9.17) is 9.47 Å². The number of rotatable bonds is 5. The van der Waals surface area contributed by atoms with Crippen molar-refractivity contribution < 1.29 is 27.8 Å². The number of hydrogen-bond donors (Lipinski definition) is 1. The molecule has 8 nitrogen and oxygen atoms in total. The Morgan fingerprint density at radius 1 is 1.17 bits per heavy atom. The summed E-state index contributed by atoms with van der Waals surface area (Å²) in [7, 11) is 1.83. The van der Waals surface area contributed by atoms with Crippen LogP contribution in [0.1, 0.15) is 38.7 Å². The quantitative estimate of drug-likeness (QED) is 0.329. The van der Waals surface area contributed by atoms with Crippen LogP contribution < -0.4 is 14.4 Å². The number of likely N-dealkylation sites (N-methyl/N-ethyl adjacent to an activating group) is 1. The third kappa shape index (κ3) is 4.11. The average molecular weight is 580 g/mol. The predicted molar refractivity (Wildman–Crippen MR) is 153 cm³/mol. The van der Waals surface area contributed by atoms with Crippen molar-refractivity contribution in [3.05, 3.63) is 41.5 Å². The minimum absolute atomic E-state index is 0.0231. The molecular weight excluding hydrogens is 547 g/mol. The lowest BCUT2D eigenvalue weighted by atomic mass is 9.94. The first-order valence-corrected chi connectivity index (χ1v) is 14.4. The van der Waals surface area contributed by atoms with E-state index in [0.717, 1.165) is 19.4 Å². The van der Waals surface area contributed by atoms with Crippen molar-refractivity contribution in [2.24, 2.45) is 0 Å². The summed E-state index contributed by atoms with van der Waals surface area (Å²) < 4.78 is 58.2. The molecule has 3 atom stereocenters. The number of ether oxygens (including phenoxy) is 2. The van der Waals surface area contributed by atoms with E-state index in [-0.39, 0.29) is 53.7 Å². The smallest absolute Gasteiger partial charge is 0.319 e. The molecule has 2 fully saturated rings. The lowest BCUT2D eigenvalue weighted by Gasteiger charge is -2.31. The maximum Gasteiger partial charge on any atom is 0.319 e. The molecule has 220 valence electrons. The van der Waals surface area contributed by atoms with Gasteiger partial charge in [-0.15, -0.1) is 0 Å².